The smallest absolute Gasteiger partial charge is 0.348 e. The third-order valence-electron chi connectivity index (χ3n) is 4.40. The molecule has 2 N–H and O–H groups in total. The van der Waals surface area contributed by atoms with Crippen molar-refractivity contribution in [3.63, 3.8) is 0 Å². The first-order valence-corrected chi connectivity index (χ1v) is 10.7. The van der Waals surface area contributed by atoms with Crippen LogP contribution in [0.2, 0.25) is 0 Å². The van der Waals surface area contributed by atoms with Crippen LogP contribution >= 0.6 is 11.3 Å². The van der Waals surface area contributed by atoms with E-state index in [1.807, 2.05) is 30.3 Å². The molecule has 3 rings (SSSR count). The van der Waals surface area contributed by atoms with Crippen molar-refractivity contribution in [2.45, 2.75) is 20.5 Å². The summed E-state index contributed by atoms with van der Waals surface area (Å²) >= 11 is 0.891. The Kier molecular flexibility index (Phi) is 7.56. The number of aromatic nitrogens is 1. The van der Waals surface area contributed by atoms with Crippen molar-refractivity contribution < 1.29 is 28.6 Å². The van der Waals surface area contributed by atoms with Gasteiger partial charge in [0.2, 0.25) is 0 Å². The fourth-order valence-corrected chi connectivity index (χ4v) is 3.98. The van der Waals surface area contributed by atoms with Gasteiger partial charge in [-0.15, -0.1) is 11.3 Å². The second kappa shape index (κ2) is 10.5. The third-order valence-corrected chi connectivity index (χ3v) is 5.44. The predicted octanol–water partition coefficient (Wildman–Crippen LogP) is 3.99. The molecule has 9 heteroatoms. The van der Waals surface area contributed by atoms with E-state index in [1.54, 1.807) is 26.1 Å². The molecular formula is C23H22N2O6S. The molecule has 0 bridgehead atoms. The summed E-state index contributed by atoms with van der Waals surface area (Å²) in [6.45, 7) is 3.25. The molecule has 0 amide bonds. The van der Waals surface area contributed by atoms with Crippen LogP contribution in [0.4, 0.5) is 5.00 Å². The molecule has 2 aromatic heterocycles. The van der Waals surface area contributed by atoms with Crippen molar-refractivity contribution in [1.29, 1.82) is 0 Å². The number of pyridine rings is 1. The van der Waals surface area contributed by atoms with Crippen LogP contribution < -0.4 is 5.73 Å². The van der Waals surface area contributed by atoms with Crippen molar-refractivity contribution >= 4 is 51.2 Å². The number of hydrogen-bond donors (Lipinski definition) is 1. The monoisotopic (exact) mass is 454 g/mol. The Morgan fingerprint density at radius 3 is 2.50 bits per heavy atom. The van der Waals surface area contributed by atoms with Crippen LogP contribution in [-0.4, -0.2) is 36.1 Å². The van der Waals surface area contributed by atoms with Crippen LogP contribution in [0.15, 0.2) is 42.6 Å². The Morgan fingerprint density at radius 2 is 1.75 bits per heavy atom. The molecular weight excluding hydrogens is 432 g/mol. The normalized spacial score (nSPS) is 10.9. The van der Waals surface area contributed by atoms with Crippen LogP contribution in [0.3, 0.4) is 0 Å². The van der Waals surface area contributed by atoms with E-state index in [0.29, 0.717) is 0 Å². The summed E-state index contributed by atoms with van der Waals surface area (Å²) in [5.74, 6) is -2.00. The number of ether oxygens (including phenoxy) is 3. The number of benzene rings is 1. The first-order chi connectivity index (χ1) is 15.5. The third kappa shape index (κ3) is 5.12. The van der Waals surface area contributed by atoms with Gasteiger partial charge in [-0.05, 0) is 26.0 Å². The van der Waals surface area contributed by atoms with E-state index in [9.17, 15) is 14.4 Å². The fraction of sp³-hybridized carbons (Fsp3) is 0.217. The second-order valence-electron chi connectivity index (χ2n) is 6.45. The highest BCUT2D eigenvalue weighted by molar-refractivity contribution is 7.18. The van der Waals surface area contributed by atoms with Gasteiger partial charge in [-0.3, -0.25) is 4.98 Å². The minimum atomic E-state index is -0.694. The predicted molar refractivity (Wildman–Crippen MR) is 121 cm³/mol. The summed E-state index contributed by atoms with van der Waals surface area (Å²) in [6, 6.07) is 9.37. The first kappa shape index (κ1) is 23.0. The lowest BCUT2D eigenvalue weighted by Gasteiger charge is -2.08. The maximum absolute atomic E-state index is 12.4. The number of fused-ring (bicyclic) bond motifs is 1. The zero-order valence-electron chi connectivity index (χ0n) is 17.6. The minimum Gasteiger partial charge on any atom is -0.462 e. The van der Waals surface area contributed by atoms with Crippen LogP contribution in [0.1, 0.15) is 45.0 Å². The molecule has 0 saturated carbocycles. The highest BCUT2D eigenvalue weighted by Crippen LogP contribution is 2.33. The topological polar surface area (TPSA) is 118 Å². The lowest BCUT2D eigenvalue weighted by Crippen LogP contribution is -2.13. The lowest BCUT2D eigenvalue weighted by atomic mass is 10.1. The molecule has 32 heavy (non-hydrogen) atoms. The quantitative estimate of drug-likeness (QED) is 0.308. The molecule has 0 aliphatic heterocycles. The number of carbonyl (C=O) groups is 3. The average Bonchev–Trinajstić information content (AvgIpc) is 3.12. The van der Waals surface area contributed by atoms with E-state index in [2.05, 4.69) is 4.98 Å². The van der Waals surface area contributed by atoms with Gasteiger partial charge in [0.05, 0.1) is 18.7 Å². The van der Waals surface area contributed by atoms with Crippen LogP contribution in [-0.2, 0) is 25.6 Å². The van der Waals surface area contributed by atoms with Gasteiger partial charge in [0.25, 0.3) is 0 Å². The molecule has 166 valence electrons. The number of nitrogens with zero attached hydrogens (tertiary/aromatic N) is 1. The molecule has 0 aliphatic carbocycles. The van der Waals surface area contributed by atoms with E-state index in [1.165, 1.54) is 6.08 Å². The number of rotatable bonds is 8. The van der Waals surface area contributed by atoms with E-state index in [-0.39, 0.29) is 40.8 Å². The van der Waals surface area contributed by atoms with Crippen molar-refractivity contribution in [2.24, 2.45) is 0 Å². The van der Waals surface area contributed by atoms with Gasteiger partial charge in [0.15, 0.2) is 0 Å². The number of nitrogen functional groups attached to an aromatic ring is 1. The lowest BCUT2D eigenvalue weighted by molar-refractivity contribution is -0.138. The molecule has 0 atom stereocenters. The Balaban J connectivity index is 1.81. The van der Waals surface area contributed by atoms with E-state index >= 15 is 0 Å². The summed E-state index contributed by atoms with van der Waals surface area (Å²) in [5.41, 5.74) is 7.62. The summed E-state index contributed by atoms with van der Waals surface area (Å²) < 4.78 is 15.4. The Labute approximate surface area is 188 Å². The van der Waals surface area contributed by atoms with Gasteiger partial charge in [0, 0.05) is 28.8 Å². The van der Waals surface area contributed by atoms with Gasteiger partial charge < -0.3 is 19.9 Å². The van der Waals surface area contributed by atoms with Gasteiger partial charge in [0.1, 0.15) is 22.0 Å². The molecule has 3 aromatic rings. The largest absolute Gasteiger partial charge is 0.462 e. The molecule has 0 spiro atoms. The number of carbonyl (C=O) groups excluding carboxylic acids is 3. The number of para-hydroxylation sites is 1. The summed E-state index contributed by atoms with van der Waals surface area (Å²) in [7, 11) is 0. The van der Waals surface area contributed by atoms with Crippen LogP contribution in [0, 0.1) is 0 Å². The van der Waals surface area contributed by atoms with Crippen molar-refractivity contribution in [3.05, 3.63) is 64.2 Å². The maximum Gasteiger partial charge on any atom is 0.348 e. The summed E-state index contributed by atoms with van der Waals surface area (Å²) in [5, 5.41) is 1.03. The molecule has 0 saturated heterocycles. The van der Waals surface area contributed by atoms with Gasteiger partial charge in [-0.1, -0.05) is 24.3 Å². The van der Waals surface area contributed by atoms with Crippen molar-refractivity contribution in [1.82, 2.24) is 4.98 Å². The van der Waals surface area contributed by atoms with Crippen molar-refractivity contribution in [2.75, 3.05) is 18.9 Å². The minimum absolute atomic E-state index is 0.00920. The molecule has 1 aromatic carbocycles. The highest BCUT2D eigenvalue weighted by Gasteiger charge is 2.28. The first-order valence-electron chi connectivity index (χ1n) is 9.90. The molecule has 0 aliphatic rings. The van der Waals surface area contributed by atoms with Gasteiger partial charge >= 0.3 is 17.9 Å². The van der Waals surface area contributed by atoms with Crippen LogP contribution in [0.5, 0.6) is 0 Å². The van der Waals surface area contributed by atoms with Gasteiger partial charge in [-0.25, -0.2) is 14.4 Å². The zero-order chi connectivity index (χ0) is 23.1. The van der Waals surface area contributed by atoms with Gasteiger partial charge in [-0.2, -0.15) is 0 Å². The zero-order valence-corrected chi connectivity index (χ0v) is 18.4. The number of nitrogens with two attached hydrogens (primary N) is 1. The van der Waals surface area contributed by atoms with E-state index in [4.69, 9.17) is 19.9 Å². The Hall–Kier alpha value is -3.72. The summed E-state index contributed by atoms with van der Waals surface area (Å²) in [6.07, 6.45) is 4.53. The number of thiophene rings is 1. The Morgan fingerprint density at radius 1 is 1.03 bits per heavy atom. The summed E-state index contributed by atoms with van der Waals surface area (Å²) in [4.78, 5) is 41.5. The average molecular weight is 455 g/mol. The molecule has 0 unspecified atom stereocenters. The maximum atomic E-state index is 12.4. The van der Waals surface area contributed by atoms with Crippen LogP contribution in [0.25, 0.3) is 17.0 Å². The number of esters is 3. The van der Waals surface area contributed by atoms with Crippen molar-refractivity contribution in [3.8, 4) is 0 Å². The number of anilines is 1. The molecule has 8 nitrogen and oxygen atoms in total. The highest BCUT2D eigenvalue weighted by atomic mass is 32.1. The fourth-order valence-electron chi connectivity index (χ4n) is 3.02. The Bertz CT molecular complexity index is 1180. The molecule has 0 fully saturated rings. The molecule has 2 heterocycles. The number of hydrogen-bond acceptors (Lipinski definition) is 9. The second-order valence-corrected chi connectivity index (χ2v) is 7.51. The molecule has 0 radical (unpaired) electrons. The standard InChI is InChI=1S/C23H22N2O6S/c1-3-29-22(27)18-16(20(32-21(18)24)23(28)30-4-2)13-31-17(26)11-10-15-8-5-7-14-9-6-12-25-19(14)15/h5-12H,3-4,13,24H2,1-2H3/b11-10+. The van der Waals surface area contributed by atoms with E-state index < -0.39 is 17.9 Å². The SMILES string of the molecule is CCOC(=O)c1sc(N)c(C(=O)OCC)c1COC(=O)/C=C/c1cccc2cccnc12. The van der Waals surface area contributed by atoms with E-state index in [0.717, 1.165) is 27.8 Å².